The van der Waals surface area contributed by atoms with Gasteiger partial charge in [-0.05, 0) is 49.2 Å². The zero-order valence-electron chi connectivity index (χ0n) is 20.3. The van der Waals surface area contributed by atoms with E-state index in [0.29, 0.717) is 34.2 Å². The smallest absolute Gasteiger partial charge is 0.255 e. The molecule has 0 saturated heterocycles. The molecule has 0 aliphatic rings. The number of nitrogens with zero attached hydrogens (tertiary/aromatic N) is 1. The van der Waals surface area contributed by atoms with E-state index in [2.05, 4.69) is 11.9 Å². The molecule has 186 valence electrons. The molecular formula is C28H27FN2O4S. The number of amides is 1. The van der Waals surface area contributed by atoms with Crippen molar-refractivity contribution in [3.63, 3.8) is 0 Å². The Labute approximate surface area is 210 Å². The normalized spacial score (nSPS) is 11.4. The lowest BCUT2D eigenvalue weighted by Gasteiger charge is -2.25. The van der Waals surface area contributed by atoms with E-state index in [1.165, 1.54) is 35.6 Å². The molecule has 6 nitrogen and oxygen atoms in total. The number of fused-ring (bicyclic) bond motifs is 1. The van der Waals surface area contributed by atoms with Crippen LogP contribution in [0.4, 0.5) is 10.1 Å². The molecule has 36 heavy (non-hydrogen) atoms. The fourth-order valence-electron chi connectivity index (χ4n) is 4.10. The van der Waals surface area contributed by atoms with Crippen LogP contribution in [0.5, 0.6) is 0 Å². The highest BCUT2D eigenvalue weighted by Crippen LogP contribution is 2.41. The molecule has 4 aromatic rings. The number of hydrogen-bond acceptors (Lipinski definition) is 4. The number of carbonyl (C=O) groups excluding carboxylic acids is 1. The molecule has 0 aliphatic heterocycles. The summed E-state index contributed by atoms with van der Waals surface area (Å²) >= 11 is 0. The first-order valence-corrected chi connectivity index (χ1v) is 13.2. The van der Waals surface area contributed by atoms with Gasteiger partial charge in [-0.3, -0.25) is 9.10 Å². The maximum Gasteiger partial charge on any atom is 0.255 e. The highest BCUT2D eigenvalue weighted by molar-refractivity contribution is 7.92. The molecule has 0 radical (unpaired) electrons. The van der Waals surface area contributed by atoms with Gasteiger partial charge in [0.2, 0.25) is 10.0 Å². The summed E-state index contributed by atoms with van der Waals surface area (Å²) < 4.78 is 46.9. The van der Waals surface area contributed by atoms with Crippen molar-refractivity contribution in [2.45, 2.75) is 13.3 Å². The van der Waals surface area contributed by atoms with Crippen LogP contribution in [0.2, 0.25) is 0 Å². The Morgan fingerprint density at radius 3 is 2.31 bits per heavy atom. The number of hydrogen-bond donors (Lipinski definition) is 1. The number of benzene rings is 3. The van der Waals surface area contributed by atoms with E-state index < -0.39 is 15.8 Å². The van der Waals surface area contributed by atoms with Crippen LogP contribution in [0, 0.1) is 5.82 Å². The second-order valence-electron chi connectivity index (χ2n) is 8.67. The van der Waals surface area contributed by atoms with Gasteiger partial charge in [0.25, 0.3) is 5.91 Å². The predicted molar refractivity (Wildman–Crippen MR) is 142 cm³/mol. The van der Waals surface area contributed by atoms with Gasteiger partial charge in [0.05, 0.1) is 17.5 Å². The first kappa shape index (κ1) is 25.2. The Balaban J connectivity index is 2.06. The number of rotatable bonds is 8. The summed E-state index contributed by atoms with van der Waals surface area (Å²) in [6.07, 6.45) is 1.63. The first-order chi connectivity index (χ1) is 17.1. The lowest BCUT2D eigenvalue weighted by atomic mass is 9.98. The molecule has 1 aromatic heterocycles. The summed E-state index contributed by atoms with van der Waals surface area (Å²) in [4.78, 5) is 13.0. The zero-order valence-corrected chi connectivity index (χ0v) is 21.2. The molecule has 0 atom stereocenters. The number of carbonyl (C=O) groups is 1. The summed E-state index contributed by atoms with van der Waals surface area (Å²) in [7, 11) is -2.15. The molecule has 1 amide bonds. The van der Waals surface area contributed by atoms with Crippen molar-refractivity contribution in [3.05, 3.63) is 90.3 Å². The standard InChI is InChI=1S/C28H27FN2O4S/c1-18(2)14-15-31(36(4,33)34)24-17-25-23(16-22(24)19-8-6-5-7-9-19)26(28(32)30-3)27(35-25)20-10-12-21(29)13-11-20/h5-13,16-17H,1,14-15H2,2-4H3,(H,30,32). The van der Waals surface area contributed by atoms with E-state index in [1.54, 1.807) is 12.1 Å². The van der Waals surface area contributed by atoms with Gasteiger partial charge in [-0.1, -0.05) is 35.9 Å². The lowest BCUT2D eigenvalue weighted by Crippen LogP contribution is -2.31. The van der Waals surface area contributed by atoms with E-state index >= 15 is 0 Å². The van der Waals surface area contributed by atoms with Crippen molar-refractivity contribution in [3.8, 4) is 22.5 Å². The number of furan rings is 1. The Morgan fingerprint density at radius 2 is 1.72 bits per heavy atom. The van der Waals surface area contributed by atoms with Gasteiger partial charge in [0, 0.05) is 36.2 Å². The molecule has 0 spiro atoms. The first-order valence-electron chi connectivity index (χ1n) is 11.4. The third kappa shape index (κ3) is 5.04. The van der Waals surface area contributed by atoms with Crippen LogP contribution in [-0.2, 0) is 10.0 Å². The Bertz CT molecular complexity index is 1540. The van der Waals surface area contributed by atoms with Crippen LogP contribution < -0.4 is 9.62 Å². The minimum absolute atomic E-state index is 0.202. The quantitative estimate of drug-likeness (QED) is 0.297. The average Bonchev–Trinajstić information content (AvgIpc) is 3.21. The number of halogens is 1. The van der Waals surface area contributed by atoms with Gasteiger partial charge in [-0.15, -0.1) is 6.58 Å². The van der Waals surface area contributed by atoms with Crippen molar-refractivity contribution in [2.24, 2.45) is 0 Å². The molecular weight excluding hydrogens is 479 g/mol. The van der Waals surface area contributed by atoms with Gasteiger partial charge in [-0.25, -0.2) is 12.8 Å². The Hall–Kier alpha value is -3.91. The monoisotopic (exact) mass is 506 g/mol. The van der Waals surface area contributed by atoms with E-state index in [9.17, 15) is 17.6 Å². The van der Waals surface area contributed by atoms with E-state index in [0.717, 1.165) is 17.4 Å². The second-order valence-corrected chi connectivity index (χ2v) is 10.6. The number of anilines is 1. The van der Waals surface area contributed by atoms with Crippen LogP contribution in [0.25, 0.3) is 33.4 Å². The van der Waals surface area contributed by atoms with Crippen LogP contribution in [0.3, 0.4) is 0 Å². The highest BCUT2D eigenvalue weighted by Gasteiger charge is 2.27. The molecule has 0 fully saturated rings. The predicted octanol–water partition coefficient (Wildman–Crippen LogP) is 6.00. The summed E-state index contributed by atoms with van der Waals surface area (Å²) in [6.45, 7) is 5.95. The minimum Gasteiger partial charge on any atom is -0.455 e. The van der Waals surface area contributed by atoms with Gasteiger partial charge in [0.15, 0.2) is 0 Å². The van der Waals surface area contributed by atoms with Gasteiger partial charge >= 0.3 is 0 Å². The van der Waals surface area contributed by atoms with E-state index in [1.807, 2.05) is 37.3 Å². The fraction of sp³-hybridized carbons (Fsp3) is 0.179. The molecule has 8 heteroatoms. The Kier molecular flexibility index (Phi) is 6.99. The molecule has 0 unspecified atom stereocenters. The largest absolute Gasteiger partial charge is 0.455 e. The van der Waals surface area contributed by atoms with Crippen molar-refractivity contribution in [1.29, 1.82) is 0 Å². The fourth-order valence-corrected chi connectivity index (χ4v) is 5.03. The summed E-state index contributed by atoms with van der Waals surface area (Å²) in [5.74, 6) is -0.512. The van der Waals surface area contributed by atoms with Crippen molar-refractivity contribution >= 4 is 32.6 Å². The molecule has 4 rings (SSSR count). The molecule has 3 aromatic carbocycles. The molecule has 0 aliphatic carbocycles. The summed E-state index contributed by atoms with van der Waals surface area (Å²) in [5.41, 5.74) is 3.85. The van der Waals surface area contributed by atoms with Crippen LogP contribution in [0.1, 0.15) is 23.7 Å². The van der Waals surface area contributed by atoms with E-state index in [-0.39, 0.29) is 23.8 Å². The third-order valence-electron chi connectivity index (χ3n) is 5.86. The summed E-state index contributed by atoms with van der Waals surface area (Å²) in [5, 5.41) is 3.16. The van der Waals surface area contributed by atoms with E-state index in [4.69, 9.17) is 4.42 Å². The SMILES string of the molecule is C=C(C)CCN(c1cc2oc(-c3ccc(F)cc3)c(C(=O)NC)c2cc1-c1ccccc1)S(C)(=O)=O. The average molecular weight is 507 g/mol. The molecule has 1 N–H and O–H groups in total. The maximum atomic E-state index is 13.6. The van der Waals surface area contributed by atoms with Crippen LogP contribution in [-0.4, -0.2) is 34.2 Å². The topological polar surface area (TPSA) is 79.6 Å². The van der Waals surface area contributed by atoms with Crippen molar-refractivity contribution < 1.29 is 22.0 Å². The minimum atomic E-state index is -3.66. The number of sulfonamides is 1. The zero-order chi connectivity index (χ0) is 26.0. The van der Waals surface area contributed by atoms with Crippen molar-refractivity contribution in [2.75, 3.05) is 24.2 Å². The molecule has 1 heterocycles. The van der Waals surface area contributed by atoms with Gasteiger partial charge < -0.3 is 9.73 Å². The molecule has 0 bridgehead atoms. The second kappa shape index (κ2) is 9.99. The summed E-state index contributed by atoms with van der Waals surface area (Å²) in [6, 6.07) is 18.4. The maximum absolute atomic E-state index is 13.6. The third-order valence-corrected chi connectivity index (χ3v) is 7.04. The van der Waals surface area contributed by atoms with Crippen LogP contribution in [0.15, 0.2) is 83.3 Å². The number of nitrogens with one attached hydrogen (secondary N) is 1. The van der Waals surface area contributed by atoms with Crippen LogP contribution >= 0.6 is 0 Å². The van der Waals surface area contributed by atoms with Gasteiger partial charge in [-0.2, -0.15) is 0 Å². The molecule has 0 saturated carbocycles. The Morgan fingerprint density at radius 1 is 1.06 bits per heavy atom. The van der Waals surface area contributed by atoms with Gasteiger partial charge in [0.1, 0.15) is 17.2 Å². The highest BCUT2D eigenvalue weighted by atomic mass is 32.2. The lowest BCUT2D eigenvalue weighted by molar-refractivity contribution is 0.0964. The van der Waals surface area contributed by atoms with Crippen molar-refractivity contribution in [1.82, 2.24) is 5.32 Å².